The number of ether oxygens (including phenoxy) is 4. The van der Waals surface area contributed by atoms with E-state index in [1.807, 2.05) is 13.0 Å². The maximum atomic E-state index is 14.9. The van der Waals surface area contributed by atoms with Crippen LogP contribution in [0.4, 0.5) is 0 Å². The number of aromatic amines is 1. The highest BCUT2D eigenvalue weighted by Gasteiger charge is 2.69. The number of H-pyrrole nitrogens is 1. The van der Waals surface area contributed by atoms with Crippen molar-refractivity contribution in [2.24, 2.45) is 5.92 Å². The first-order chi connectivity index (χ1) is 35.8. The SMILES string of the molecule is CCC1=C(C2C=C(Cc3ccc[nH]3)C3(Oc4cc5oc(-c6cc(O)c(O)c(CCO)c6)cc(=O)c5c(O)c42)OC2(CC#CC4(C(=O)O)OC(OC2=O)C(O)C(O)C4O)C(O)C(O)C3O)C=C2C3CC=CC(C3)NC2N1. The van der Waals surface area contributed by atoms with Gasteiger partial charge in [0.2, 0.25) is 11.9 Å². The van der Waals surface area contributed by atoms with Gasteiger partial charge in [-0.1, -0.05) is 43.1 Å². The Balaban J connectivity index is 1.17. The molecule has 22 heteroatoms. The number of phenolic OH excluding ortho intramolecular Hbond substituents is 3. The predicted molar refractivity (Wildman–Crippen MR) is 257 cm³/mol. The first-order valence-corrected chi connectivity index (χ1v) is 24.4. The zero-order chi connectivity index (χ0) is 53.0. The van der Waals surface area contributed by atoms with Gasteiger partial charge in [0.1, 0.15) is 58.7 Å². The van der Waals surface area contributed by atoms with Gasteiger partial charge in [-0.15, -0.1) is 0 Å². The maximum absolute atomic E-state index is 14.9. The molecule has 0 amide bonds. The number of carboxylic acid groups (broad SMARTS) is 1. The maximum Gasteiger partial charge on any atom is 0.351 e. The molecular weight excluding hydrogens is 983 g/mol. The van der Waals surface area contributed by atoms with Crippen LogP contribution in [-0.4, -0.2) is 152 Å². The highest BCUT2D eigenvalue weighted by atomic mass is 16.8. The van der Waals surface area contributed by atoms with Crippen LogP contribution in [0, 0.1) is 17.8 Å². The molecule has 7 aliphatic rings. The molecule has 6 aliphatic heterocycles. The van der Waals surface area contributed by atoms with E-state index in [4.69, 9.17) is 23.4 Å². The minimum atomic E-state index is -3.02. The van der Waals surface area contributed by atoms with Gasteiger partial charge in [-0.05, 0) is 67.0 Å². The first-order valence-electron chi connectivity index (χ1n) is 24.4. The molecule has 2 aromatic carbocycles. The molecule has 14 atom stereocenters. The highest BCUT2D eigenvalue weighted by molar-refractivity contribution is 5.90. The van der Waals surface area contributed by atoms with E-state index in [1.165, 1.54) is 12.1 Å². The van der Waals surface area contributed by atoms with Crippen LogP contribution in [0.5, 0.6) is 23.0 Å². The van der Waals surface area contributed by atoms with E-state index >= 15 is 0 Å². The number of aliphatic hydroxyl groups excluding tert-OH is 7. The predicted octanol–water partition coefficient (Wildman–Crippen LogP) is 0.303. The summed E-state index contributed by atoms with van der Waals surface area (Å²) in [5.41, 5.74) is -4.43. The molecule has 394 valence electrons. The third-order valence-electron chi connectivity index (χ3n) is 15.5. The van der Waals surface area contributed by atoms with Crippen molar-refractivity contribution in [1.82, 2.24) is 15.6 Å². The molecule has 14 N–H and O–H groups in total. The van der Waals surface area contributed by atoms with Gasteiger partial charge in [0.25, 0.3) is 11.4 Å². The Morgan fingerprint density at radius 1 is 0.960 bits per heavy atom. The molecule has 4 bridgehead atoms. The number of phenols is 3. The summed E-state index contributed by atoms with van der Waals surface area (Å²) in [7, 11) is 0. The van der Waals surface area contributed by atoms with Crippen molar-refractivity contribution in [3.05, 3.63) is 116 Å². The second kappa shape index (κ2) is 18.4. The highest BCUT2D eigenvalue weighted by Crippen LogP contribution is 2.55. The Bertz CT molecular complexity index is 3280. The average molecular weight is 1040 g/mol. The van der Waals surface area contributed by atoms with Crippen LogP contribution in [-0.2, 0) is 36.6 Å². The van der Waals surface area contributed by atoms with E-state index in [1.54, 1.807) is 24.4 Å². The molecule has 75 heavy (non-hydrogen) atoms. The van der Waals surface area contributed by atoms with E-state index in [0.29, 0.717) is 23.4 Å². The number of rotatable bonds is 8. The van der Waals surface area contributed by atoms with E-state index < -0.39 is 113 Å². The van der Waals surface area contributed by atoms with Gasteiger partial charge in [0.05, 0.1) is 12.6 Å². The molecule has 0 radical (unpaired) electrons. The number of benzene rings is 2. The molecule has 14 unspecified atom stereocenters. The molecule has 1 aliphatic carbocycles. The zero-order valence-corrected chi connectivity index (χ0v) is 39.8. The number of allylic oxidation sites excluding steroid dienone is 5. The summed E-state index contributed by atoms with van der Waals surface area (Å²) in [4.78, 5) is 45.3. The van der Waals surface area contributed by atoms with Crippen LogP contribution in [0.25, 0.3) is 22.3 Å². The van der Waals surface area contributed by atoms with E-state index in [2.05, 4.69) is 39.6 Å². The fourth-order valence-electron chi connectivity index (χ4n) is 11.6. The van der Waals surface area contributed by atoms with Crippen LogP contribution < -0.4 is 20.8 Å². The number of aromatic nitrogens is 1. The Labute approximate surface area is 425 Å². The standard InChI is InChI=1S/C53H53N3O19/c1-2-31-29(19-28-22-6-3-7-27(15-22)55-47(28)56-31)30-18-25(17-26-8-4-12-54-26)53(73-36-21-35-38(40(61)37(30)36)32(58)20-34(71-35)24-14-23(9-13-57)39(60)33(59)16-24)46(67)43(64)45(66)52(75-53)11-5-10-51(49(68)69)44(65)41(62)42(63)48(74-51)72-50(52)70/h3-4,7-8,12,14,16,18-22,27,30,41-48,54-57,59-67H,2,6,9,11,13,15,17H2,1H3,(H,68,69). The molecule has 2 aromatic heterocycles. The number of fused-ring (bicyclic) bond motifs is 8. The first kappa shape index (κ1) is 50.2. The minimum absolute atomic E-state index is 0.0576. The van der Waals surface area contributed by atoms with Crippen molar-refractivity contribution in [3.8, 4) is 46.2 Å². The number of piperidine rings is 1. The quantitative estimate of drug-likeness (QED) is 0.0488. The van der Waals surface area contributed by atoms with Gasteiger partial charge in [0.15, 0.2) is 23.0 Å². The molecule has 3 saturated heterocycles. The Morgan fingerprint density at radius 3 is 2.49 bits per heavy atom. The Morgan fingerprint density at radius 2 is 1.76 bits per heavy atom. The number of dihydropyridines is 1. The van der Waals surface area contributed by atoms with Gasteiger partial charge in [-0.25, -0.2) is 9.59 Å². The lowest BCUT2D eigenvalue weighted by atomic mass is 9.74. The van der Waals surface area contributed by atoms with Crippen molar-refractivity contribution in [3.63, 3.8) is 0 Å². The lowest BCUT2D eigenvalue weighted by Crippen LogP contribution is -2.75. The van der Waals surface area contributed by atoms with Crippen molar-refractivity contribution in [2.45, 2.75) is 123 Å². The minimum Gasteiger partial charge on any atom is -0.507 e. The molecular formula is C53H53N3O19. The van der Waals surface area contributed by atoms with E-state index in [0.717, 1.165) is 30.5 Å². The number of carbonyl (C=O) groups is 2. The number of aromatic hydroxyl groups is 3. The number of aliphatic hydroxyl groups is 7. The van der Waals surface area contributed by atoms with E-state index in [9.17, 15) is 70.6 Å². The van der Waals surface area contributed by atoms with Crippen LogP contribution in [0.1, 0.15) is 55.3 Å². The summed E-state index contributed by atoms with van der Waals surface area (Å²) in [6.07, 6.45) is -7.13. The summed E-state index contributed by atoms with van der Waals surface area (Å²) in [5.74, 6) is -5.26. The fraction of sp³-hybridized carbons (Fsp3) is 0.415. The average Bonchev–Trinajstić information content (AvgIpc) is 3.95. The summed E-state index contributed by atoms with van der Waals surface area (Å²) >= 11 is 0. The largest absolute Gasteiger partial charge is 0.507 e. The molecule has 3 fully saturated rings. The molecule has 22 nitrogen and oxygen atoms in total. The molecule has 4 aromatic rings. The molecule has 0 saturated carbocycles. The number of carboxylic acids is 1. The molecule has 2 spiro atoms. The smallest absolute Gasteiger partial charge is 0.351 e. The van der Waals surface area contributed by atoms with Gasteiger partial charge < -0.3 is 89.8 Å². The summed E-state index contributed by atoms with van der Waals surface area (Å²) in [6, 6.07) is 8.23. The van der Waals surface area contributed by atoms with Gasteiger partial charge in [-0.3, -0.25) is 10.1 Å². The van der Waals surface area contributed by atoms with Crippen LogP contribution in [0.3, 0.4) is 0 Å². The summed E-state index contributed by atoms with van der Waals surface area (Å²) < 4.78 is 31.0. The van der Waals surface area contributed by atoms with Crippen LogP contribution >= 0.6 is 0 Å². The third kappa shape index (κ3) is 7.76. The fourth-order valence-corrected chi connectivity index (χ4v) is 11.6. The Kier molecular flexibility index (Phi) is 12.3. The second-order valence-corrected chi connectivity index (χ2v) is 19.9. The summed E-state index contributed by atoms with van der Waals surface area (Å²) in [5, 5.41) is 131. The lowest BCUT2D eigenvalue weighted by Gasteiger charge is -2.53. The number of carbonyl (C=O) groups excluding carboxylic acids is 1. The van der Waals surface area contributed by atoms with Crippen molar-refractivity contribution >= 4 is 22.9 Å². The third-order valence-corrected chi connectivity index (χ3v) is 15.5. The molecule has 11 rings (SSSR count). The van der Waals surface area contributed by atoms with Crippen LogP contribution in [0.15, 0.2) is 98.5 Å². The van der Waals surface area contributed by atoms with Crippen molar-refractivity contribution < 1.29 is 89.1 Å². The molecule has 8 heterocycles. The number of hydrogen-bond acceptors (Lipinski definition) is 20. The lowest BCUT2D eigenvalue weighted by molar-refractivity contribution is -0.354. The topological polar surface area (TPSA) is 364 Å². The number of hydrogen-bond donors (Lipinski definition) is 14. The van der Waals surface area contributed by atoms with Crippen molar-refractivity contribution in [2.75, 3.05) is 6.61 Å². The van der Waals surface area contributed by atoms with Gasteiger partial charge >= 0.3 is 11.9 Å². The normalized spacial score (nSPS) is 34.8. The monoisotopic (exact) mass is 1040 g/mol. The number of aliphatic carboxylic acids is 1. The Hall–Kier alpha value is -7.01. The van der Waals surface area contributed by atoms with Gasteiger partial charge in [0, 0.05) is 77.0 Å². The number of esters is 1. The second-order valence-electron chi connectivity index (χ2n) is 19.9. The van der Waals surface area contributed by atoms with Crippen molar-refractivity contribution in [1.29, 1.82) is 0 Å². The van der Waals surface area contributed by atoms with Gasteiger partial charge in [-0.2, -0.15) is 0 Å². The summed E-state index contributed by atoms with van der Waals surface area (Å²) in [6.45, 7) is 1.50. The zero-order valence-electron chi connectivity index (χ0n) is 39.8. The number of nitrogens with one attached hydrogen (secondary N) is 3. The van der Waals surface area contributed by atoms with E-state index in [-0.39, 0.29) is 75.7 Å². The van der Waals surface area contributed by atoms with Crippen LogP contribution in [0.2, 0.25) is 0 Å².